The fraction of sp³-hybridized carbons (Fsp3) is 0.455. The fourth-order valence-corrected chi connectivity index (χ4v) is 4.44. The van der Waals surface area contributed by atoms with Gasteiger partial charge in [0.1, 0.15) is 5.65 Å². The van der Waals surface area contributed by atoms with Gasteiger partial charge in [-0.15, -0.1) is 0 Å². The predicted octanol–water partition coefficient (Wildman–Crippen LogP) is 4.12. The number of nitriles is 1. The molecule has 3 aromatic rings. The zero-order valence-corrected chi connectivity index (χ0v) is 16.3. The van der Waals surface area contributed by atoms with Crippen molar-refractivity contribution in [3.63, 3.8) is 0 Å². The van der Waals surface area contributed by atoms with Gasteiger partial charge in [0.05, 0.1) is 36.1 Å². The third-order valence-corrected chi connectivity index (χ3v) is 6.25. The van der Waals surface area contributed by atoms with Gasteiger partial charge in [-0.1, -0.05) is 25.3 Å². The summed E-state index contributed by atoms with van der Waals surface area (Å²) in [5, 5.41) is 17.0. The fourth-order valence-electron chi connectivity index (χ4n) is 4.44. The third kappa shape index (κ3) is 3.29. The molecule has 0 unspecified atom stereocenters. The minimum atomic E-state index is -0.197. The van der Waals surface area contributed by atoms with Crippen molar-refractivity contribution in [1.82, 2.24) is 19.2 Å². The molecule has 0 aliphatic heterocycles. The van der Waals surface area contributed by atoms with Crippen LogP contribution in [-0.4, -0.2) is 25.1 Å². The molecule has 0 saturated heterocycles. The SMILES string of the molecule is N#CCC1(n2cc(-c3cccc4nc(NC(=O)C5CC5)cn34)cn2)CCCCC1. The van der Waals surface area contributed by atoms with Crippen LogP contribution in [0.15, 0.2) is 36.8 Å². The van der Waals surface area contributed by atoms with Gasteiger partial charge in [-0.2, -0.15) is 10.4 Å². The van der Waals surface area contributed by atoms with Crippen LogP contribution < -0.4 is 5.32 Å². The minimum absolute atomic E-state index is 0.0542. The Labute approximate surface area is 169 Å². The number of nitrogens with zero attached hydrogens (tertiary/aromatic N) is 5. The first-order valence-corrected chi connectivity index (χ1v) is 10.4. The molecule has 148 valence electrons. The first kappa shape index (κ1) is 17.9. The Balaban J connectivity index is 1.48. The molecule has 3 aromatic heterocycles. The van der Waals surface area contributed by atoms with E-state index in [2.05, 4.69) is 27.7 Å². The lowest BCUT2D eigenvalue weighted by molar-refractivity contribution is -0.117. The summed E-state index contributed by atoms with van der Waals surface area (Å²) in [4.78, 5) is 16.6. The van der Waals surface area contributed by atoms with Crippen molar-refractivity contribution in [2.24, 2.45) is 5.92 Å². The number of hydrogen-bond donors (Lipinski definition) is 1. The molecular formula is C22H24N6O. The highest BCUT2D eigenvalue weighted by Gasteiger charge is 2.35. The second kappa shape index (κ2) is 7.03. The van der Waals surface area contributed by atoms with Gasteiger partial charge in [-0.25, -0.2) is 4.98 Å². The summed E-state index contributed by atoms with van der Waals surface area (Å²) in [7, 11) is 0. The third-order valence-electron chi connectivity index (χ3n) is 6.25. The molecule has 3 heterocycles. The Kier molecular flexibility index (Phi) is 4.35. The maximum Gasteiger partial charge on any atom is 0.228 e. The van der Waals surface area contributed by atoms with Crippen molar-refractivity contribution in [1.29, 1.82) is 5.26 Å². The molecule has 2 saturated carbocycles. The molecule has 0 bridgehead atoms. The Bertz CT molecular complexity index is 1090. The number of anilines is 1. The van der Waals surface area contributed by atoms with Crippen molar-refractivity contribution >= 4 is 17.4 Å². The number of pyridine rings is 1. The minimum Gasteiger partial charge on any atom is -0.309 e. The van der Waals surface area contributed by atoms with Gasteiger partial charge in [-0.05, 0) is 37.8 Å². The highest BCUT2D eigenvalue weighted by Crippen LogP contribution is 2.38. The van der Waals surface area contributed by atoms with E-state index < -0.39 is 0 Å². The van der Waals surface area contributed by atoms with Gasteiger partial charge in [0.2, 0.25) is 5.91 Å². The molecular weight excluding hydrogens is 364 g/mol. The van der Waals surface area contributed by atoms with Crippen molar-refractivity contribution in [3.05, 3.63) is 36.8 Å². The molecule has 0 radical (unpaired) electrons. The van der Waals surface area contributed by atoms with Crippen molar-refractivity contribution in [2.45, 2.75) is 56.9 Å². The molecule has 29 heavy (non-hydrogen) atoms. The lowest BCUT2D eigenvalue weighted by Gasteiger charge is -2.35. The van der Waals surface area contributed by atoms with E-state index in [9.17, 15) is 10.1 Å². The van der Waals surface area contributed by atoms with Crippen molar-refractivity contribution in [2.75, 3.05) is 5.32 Å². The van der Waals surface area contributed by atoms with E-state index in [1.807, 2.05) is 39.7 Å². The van der Waals surface area contributed by atoms with E-state index in [4.69, 9.17) is 0 Å². The number of nitrogens with one attached hydrogen (secondary N) is 1. The van der Waals surface area contributed by atoms with E-state index in [1.165, 1.54) is 6.42 Å². The largest absolute Gasteiger partial charge is 0.309 e. The van der Waals surface area contributed by atoms with Crippen LogP contribution in [0, 0.1) is 17.2 Å². The number of rotatable bonds is 5. The number of carbonyl (C=O) groups is 1. The standard InChI is InChI=1S/C22H24N6O/c23-12-11-22(9-2-1-3-10-22)28-14-17(13-24-28)18-5-4-6-20-25-19(15-27(18)20)26-21(29)16-7-8-16/h4-6,13-16H,1-3,7-11H2,(H,26,29). The molecule has 1 N–H and O–H groups in total. The van der Waals surface area contributed by atoms with Crippen LogP contribution >= 0.6 is 0 Å². The highest BCUT2D eigenvalue weighted by atomic mass is 16.2. The van der Waals surface area contributed by atoms with Gasteiger partial charge >= 0.3 is 0 Å². The molecule has 0 atom stereocenters. The van der Waals surface area contributed by atoms with Gasteiger partial charge in [0.15, 0.2) is 5.82 Å². The van der Waals surface area contributed by atoms with E-state index in [0.717, 1.165) is 55.4 Å². The summed E-state index contributed by atoms with van der Waals surface area (Å²) in [5.74, 6) is 0.776. The summed E-state index contributed by atoms with van der Waals surface area (Å²) in [6.45, 7) is 0. The molecule has 2 aliphatic carbocycles. The van der Waals surface area contributed by atoms with Gasteiger partial charge in [0.25, 0.3) is 0 Å². The average molecular weight is 388 g/mol. The first-order valence-electron chi connectivity index (χ1n) is 10.4. The summed E-state index contributed by atoms with van der Waals surface area (Å²) in [6.07, 6.45) is 13.7. The van der Waals surface area contributed by atoms with E-state index in [-0.39, 0.29) is 17.4 Å². The van der Waals surface area contributed by atoms with E-state index >= 15 is 0 Å². The second-order valence-corrected chi connectivity index (χ2v) is 8.32. The zero-order chi connectivity index (χ0) is 19.8. The molecule has 7 nitrogen and oxygen atoms in total. The molecule has 0 spiro atoms. The lowest BCUT2D eigenvalue weighted by Crippen LogP contribution is -2.36. The number of hydrogen-bond acceptors (Lipinski definition) is 4. The lowest BCUT2D eigenvalue weighted by atomic mass is 9.80. The Morgan fingerprint density at radius 1 is 1.24 bits per heavy atom. The number of fused-ring (bicyclic) bond motifs is 1. The molecule has 2 aliphatic rings. The Morgan fingerprint density at radius 3 is 2.83 bits per heavy atom. The normalized spacial score (nSPS) is 18.4. The topological polar surface area (TPSA) is 88.0 Å². The van der Waals surface area contributed by atoms with Crippen molar-refractivity contribution < 1.29 is 4.79 Å². The highest BCUT2D eigenvalue weighted by molar-refractivity contribution is 5.93. The number of carbonyl (C=O) groups excluding carboxylic acids is 1. The molecule has 0 aromatic carbocycles. The Hall–Kier alpha value is -3.14. The van der Waals surface area contributed by atoms with Gasteiger partial charge in [-0.3, -0.25) is 13.9 Å². The predicted molar refractivity (Wildman–Crippen MR) is 109 cm³/mol. The number of amides is 1. The molecule has 5 rings (SSSR count). The summed E-state index contributed by atoms with van der Waals surface area (Å²) in [6, 6.07) is 8.30. The van der Waals surface area contributed by atoms with Gasteiger partial charge in [0, 0.05) is 17.7 Å². The summed E-state index contributed by atoms with van der Waals surface area (Å²) < 4.78 is 4.00. The van der Waals surface area contributed by atoms with Crippen molar-refractivity contribution in [3.8, 4) is 17.3 Å². The van der Waals surface area contributed by atoms with Crippen LogP contribution in [0.5, 0.6) is 0 Å². The van der Waals surface area contributed by atoms with Crippen LogP contribution in [0.25, 0.3) is 16.9 Å². The average Bonchev–Trinajstić information content (AvgIpc) is 3.32. The molecule has 1 amide bonds. The smallest absolute Gasteiger partial charge is 0.228 e. The molecule has 2 fully saturated rings. The van der Waals surface area contributed by atoms with E-state index in [0.29, 0.717) is 12.2 Å². The monoisotopic (exact) mass is 388 g/mol. The summed E-state index contributed by atoms with van der Waals surface area (Å²) >= 11 is 0. The van der Waals surface area contributed by atoms with Crippen LogP contribution in [0.2, 0.25) is 0 Å². The summed E-state index contributed by atoms with van der Waals surface area (Å²) in [5.41, 5.74) is 2.54. The van der Waals surface area contributed by atoms with Crippen LogP contribution in [0.3, 0.4) is 0 Å². The number of imidazole rings is 1. The maximum absolute atomic E-state index is 12.1. The van der Waals surface area contributed by atoms with Crippen LogP contribution in [-0.2, 0) is 10.3 Å². The first-order chi connectivity index (χ1) is 14.2. The van der Waals surface area contributed by atoms with E-state index in [1.54, 1.807) is 0 Å². The maximum atomic E-state index is 12.1. The quantitative estimate of drug-likeness (QED) is 0.712. The van der Waals surface area contributed by atoms with Crippen LogP contribution in [0.1, 0.15) is 51.4 Å². The van der Waals surface area contributed by atoms with Crippen LogP contribution in [0.4, 0.5) is 5.82 Å². The van der Waals surface area contributed by atoms with Gasteiger partial charge < -0.3 is 5.32 Å². The Morgan fingerprint density at radius 2 is 2.07 bits per heavy atom. The zero-order valence-electron chi connectivity index (χ0n) is 16.3. The second-order valence-electron chi connectivity index (χ2n) is 8.32. The molecule has 7 heteroatoms. The number of aromatic nitrogens is 4.